The topological polar surface area (TPSA) is 101 Å². The fourth-order valence-electron chi connectivity index (χ4n) is 2.68. The summed E-state index contributed by atoms with van der Waals surface area (Å²) >= 11 is 3.42. The SMILES string of the molecule is COc1ccc(/C=N/NC(=O)C(=O)Nc2ccccc2OC)cc1CSC1=NCCS1. The van der Waals surface area contributed by atoms with Crippen molar-refractivity contribution < 1.29 is 19.1 Å². The molecule has 0 bridgehead atoms. The van der Waals surface area contributed by atoms with Crippen LogP contribution in [0, 0.1) is 0 Å². The van der Waals surface area contributed by atoms with Crippen LogP contribution in [-0.2, 0) is 15.3 Å². The lowest BCUT2D eigenvalue weighted by Crippen LogP contribution is -2.32. The largest absolute Gasteiger partial charge is 0.496 e. The average Bonchev–Trinajstić information content (AvgIpc) is 3.31. The summed E-state index contributed by atoms with van der Waals surface area (Å²) in [7, 11) is 3.11. The van der Waals surface area contributed by atoms with Gasteiger partial charge in [-0.25, -0.2) is 5.43 Å². The van der Waals surface area contributed by atoms with Crippen LogP contribution in [0.15, 0.2) is 52.6 Å². The summed E-state index contributed by atoms with van der Waals surface area (Å²) in [4.78, 5) is 28.6. The monoisotopic (exact) mass is 458 g/mol. The van der Waals surface area contributed by atoms with Gasteiger partial charge in [0.05, 0.1) is 32.7 Å². The Balaban J connectivity index is 1.58. The first-order valence-corrected chi connectivity index (χ1v) is 11.3. The van der Waals surface area contributed by atoms with E-state index in [0.29, 0.717) is 17.2 Å². The first-order chi connectivity index (χ1) is 15.1. The van der Waals surface area contributed by atoms with Gasteiger partial charge in [-0.1, -0.05) is 35.7 Å². The fourth-order valence-corrected chi connectivity index (χ4v) is 4.66. The van der Waals surface area contributed by atoms with Gasteiger partial charge in [0.2, 0.25) is 0 Å². The molecule has 0 radical (unpaired) electrons. The van der Waals surface area contributed by atoms with Crippen LogP contribution in [0.4, 0.5) is 5.69 Å². The lowest BCUT2D eigenvalue weighted by atomic mass is 10.1. The van der Waals surface area contributed by atoms with E-state index in [9.17, 15) is 9.59 Å². The van der Waals surface area contributed by atoms with Crippen LogP contribution in [0.2, 0.25) is 0 Å². The quantitative estimate of drug-likeness (QED) is 0.376. The normalized spacial score (nSPS) is 13.0. The van der Waals surface area contributed by atoms with Gasteiger partial charge in [0.1, 0.15) is 15.9 Å². The van der Waals surface area contributed by atoms with Crippen LogP contribution in [0.3, 0.4) is 0 Å². The Morgan fingerprint density at radius 3 is 2.71 bits per heavy atom. The van der Waals surface area contributed by atoms with Crippen molar-refractivity contribution in [2.75, 3.05) is 31.8 Å². The van der Waals surface area contributed by atoms with Crippen molar-refractivity contribution in [3.63, 3.8) is 0 Å². The summed E-state index contributed by atoms with van der Waals surface area (Å²) in [5.74, 6) is 1.23. The van der Waals surface area contributed by atoms with Crippen molar-refractivity contribution in [3.05, 3.63) is 53.6 Å². The molecule has 8 nitrogen and oxygen atoms in total. The highest BCUT2D eigenvalue weighted by Gasteiger charge is 2.15. The van der Waals surface area contributed by atoms with Crippen LogP contribution in [0.5, 0.6) is 11.5 Å². The van der Waals surface area contributed by atoms with Crippen molar-refractivity contribution >= 4 is 51.6 Å². The molecular weight excluding hydrogens is 436 g/mol. The van der Waals surface area contributed by atoms with Crippen LogP contribution in [0.1, 0.15) is 11.1 Å². The number of amides is 2. The van der Waals surface area contributed by atoms with Crippen molar-refractivity contribution in [2.24, 2.45) is 10.1 Å². The van der Waals surface area contributed by atoms with Gasteiger partial charge in [-0.2, -0.15) is 5.10 Å². The van der Waals surface area contributed by atoms with E-state index in [0.717, 1.165) is 33.5 Å². The summed E-state index contributed by atoms with van der Waals surface area (Å²) in [6.07, 6.45) is 1.48. The Hall–Kier alpha value is -2.98. The minimum atomic E-state index is -0.886. The summed E-state index contributed by atoms with van der Waals surface area (Å²) < 4.78 is 11.7. The number of nitrogens with zero attached hydrogens (tertiary/aromatic N) is 2. The number of para-hydroxylation sites is 2. The number of rotatable bonds is 7. The second kappa shape index (κ2) is 11.4. The Morgan fingerprint density at radius 1 is 1.16 bits per heavy atom. The molecule has 2 amide bonds. The predicted octanol–water partition coefficient (Wildman–Crippen LogP) is 3.13. The molecule has 0 fully saturated rings. The van der Waals surface area contributed by atoms with Gasteiger partial charge in [-0.15, -0.1) is 0 Å². The zero-order valence-electron chi connectivity index (χ0n) is 17.1. The smallest absolute Gasteiger partial charge is 0.329 e. The Morgan fingerprint density at radius 2 is 1.97 bits per heavy atom. The number of thioether (sulfide) groups is 2. The molecular formula is C21H22N4O4S2. The standard InChI is InChI=1S/C21H22N4O4S2/c1-28-17-8-7-14(11-15(17)13-31-21-22-9-10-30-21)12-23-25-20(27)19(26)24-16-5-3-4-6-18(16)29-2/h3-8,11-12H,9-10,13H2,1-2H3,(H,24,26)(H,25,27)/b23-12+. The van der Waals surface area contributed by atoms with Crippen molar-refractivity contribution in [1.29, 1.82) is 0 Å². The molecule has 10 heteroatoms. The number of ether oxygens (including phenoxy) is 2. The first kappa shape index (κ1) is 22.7. The number of anilines is 1. The second-order valence-corrected chi connectivity index (χ2v) is 8.52. The minimum absolute atomic E-state index is 0.399. The molecule has 1 heterocycles. The van der Waals surface area contributed by atoms with E-state index in [1.54, 1.807) is 54.9 Å². The third-order valence-corrected chi connectivity index (χ3v) is 6.46. The zero-order valence-corrected chi connectivity index (χ0v) is 18.7. The fraction of sp³-hybridized carbons (Fsp3) is 0.238. The molecule has 162 valence electrons. The molecule has 0 saturated heterocycles. The molecule has 0 saturated carbocycles. The lowest BCUT2D eigenvalue weighted by molar-refractivity contribution is -0.136. The molecule has 0 aromatic heterocycles. The Bertz CT molecular complexity index is 1010. The third-order valence-electron chi connectivity index (χ3n) is 4.15. The molecule has 1 aliphatic rings. The number of hydrogen-bond acceptors (Lipinski definition) is 8. The van der Waals surface area contributed by atoms with Crippen LogP contribution >= 0.6 is 23.5 Å². The number of hydrazone groups is 1. The Labute approximate surface area is 188 Å². The van der Waals surface area contributed by atoms with Crippen LogP contribution in [0.25, 0.3) is 0 Å². The van der Waals surface area contributed by atoms with E-state index >= 15 is 0 Å². The molecule has 0 unspecified atom stereocenters. The maximum absolute atomic E-state index is 12.1. The molecule has 2 aromatic carbocycles. The van der Waals surface area contributed by atoms with Gasteiger partial charge in [0.25, 0.3) is 0 Å². The van der Waals surface area contributed by atoms with Crippen molar-refractivity contribution in [3.8, 4) is 11.5 Å². The van der Waals surface area contributed by atoms with Gasteiger partial charge in [-0.05, 0) is 35.9 Å². The number of carbonyl (C=O) groups excluding carboxylic acids is 2. The van der Waals surface area contributed by atoms with Gasteiger partial charge in [0, 0.05) is 17.1 Å². The highest BCUT2D eigenvalue weighted by Crippen LogP contribution is 2.29. The lowest BCUT2D eigenvalue weighted by Gasteiger charge is -2.09. The maximum atomic E-state index is 12.1. The van der Waals surface area contributed by atoms with E-state index in [1.807, 2.05) is 18.2 Å². The minimum Gasteiger partial charge on any atom is -0.496 e. The first-order valence-electron chi connectivity index (χ1n) is 9.35. The van der Waals surface area contributed by atoms with Crippen molar-refractivity contribution in [1.82, 2.24) is 5.43 Å². The van der Waals surface area contributed by atoms with Crippen molar-refractivity contribution in [2.45, 2.75) is 5.75 Å². The summed E-state index contributed by atoms with van der Waals surface area (Å²) in [6.45, 7) is 0.862. The second-order valence-electron chi connectivity index (χ2n) is 6.21. The van der Waals surface area contributed by atoms with Crippen LogP contribution < -0.4 is 20.2 Å². The molecule has 3 rings (SSSR count). The zero-order chi connectivity index (χ0) is 22.1. The molecule has 2 N–H and O–H groups in total. The number of aliphatic imine (C=N–C) groups is 1. The van der Waals surface area contributed by atoms with Crippen LogP contribution in [-0.4, -0.2) is 48.9 Å². The number of benzene rings is 2. The molecule has 0 atom stereocenters. The van der Waals surface area contributed by atoms with E-state index in [4.69, 9.17) is 9.47 Å². The summed E-state index contributed by atoms with van der Waals surface area (Å²) in [5.41, 5.74) is 4.39. The molecule has 1 aliphatic heterocycles. The van der Waals surface area contributed by atoms with Gasteiger partial charge < -0.3 is 14.8 Å². The molecule has 0 spiro atoms. The van der Waals surface area contributed by atoms with Gasteiger partial charge >= 0.3 is 11.8 Å². The van der Waals surface area contributed by atoms with Gasteiger partial charge in [-0.3, -0.25) is 14.6 Å². The predicted molar refractivity (Wildman–Crippen MR) is 126 cm³/mol. The highest BCUT2D eigenvalue weighted by molar-refractivity contribution is 8.38. The maximum Gasteiger partial charge on any atom is 0.329 e. The number of nitrogens with one attached hydrogen (secondary N) is 2. The van der Waals surface area contributed by atoms with Gasteiger partial charge in [0.15, 0.2) is 0 Å². The number of carbonyl (C=O) groups is 2. The molecule has 31 heavy (non-hydrogen) atoms. The summed E-state index contributed by atoms with van der Waals surface area (Å²) in [5, 5.41) is 6.38. The van der Waals surface area contributed by atoms with E-state index in [2.05, 4.69) is 20.8 Å². The summed E-state index contributed by atoms with van der Waals surface area (Å²) in [6, 6.07) is 12.4. The molecule has 0 aliphatic carbocycles. The van der Waals surface area contributed by atoms with E-state index in [1.165, 1.54) is 13.3 Å². The Kier molecular flexibility index (Phi) is 8.36. The highest BCUT2D eigenvalue weighted by atomic mass is 32.2. The third kappa shape index (κ3) is 6.50. The molecule has 2 aromatic rings. The average molecular weight is 459 g/mol. The van der Waals surface area contributed by atoms with E-state index < -0.39 is 11.8 Å². The number of methoxy groups -OCH3 is 2. The van der Waals surface area contributed by atoms with E-state index in [-0.39, 0.29) is 0 Å². The number of hydrogen-bond donors (Lipinski definition) is 2.